The van der Waals surface area contributed by atoms with Crippen LogP contribution in [0.4, 0.5) is 11.5 Å². The molecule has 2 rings (SSSR count). The van der Waals surface area contributed by atoms with Gasteiger partial charge >= 0.3 is 0 Å². The van der Waals surface area contributed by atoms with Gasteiger partial charge in [-0.1, -0.05) is 13.8 Å². The first kappa shape index (κ1) is 8.35. The number of aromatic nitrogens is 1. The summed E-state index contributed by atoms with van der Waals surface area (Å²) in [5, 5.41) is 6.47. The van der Waals surface area contributed by atoms with Crippen LogP contribution in [-0.2, 0) is 0 Å². The Morgan fingerprint density at radius 1 is 1.38 bits per heavy atom. The fourth-order valence-electron chi connectivity index (χ4n) is 1.77. The molecule has 2 heterocycles. The summed E-state index contributed by atoms with van der Waals surface area (Å²) >= 11 is 0. The number of anilines is 2. The highest BCUT2D eigenvalue weighted by molar-refractivity contribution is 5.73. The quantitative estimate of drug-likeness (QED) is 0.691. The van der Waals surface area contributed by atoms with E-state index in [9.17, 15) is 0 Å². The minimum absolute atomic E-state index is 0.542. The number of hydrogen-bond donors (Lipinski definition) is 2. The van der Waals surface area contributed by atoms with Gasteiger partial charge in [0.05, 0.1) is 12.4 Å². The fraction of sp³-hybridized carbons (Fsp3) is 0.500. The molecule has 0 bridgehead atoms. The van der Waals surface area contributed by atoms with Crippen LogP contribution in [0.15, 0.2) is 6.20 Å². The Morgan fingerprint density at radius 3 is 2.85 bits per heavy atom. The van der Waals surface area contributed by atoms with E-state index in [4.69, 9.17) is 0 Å². The van der Waals surface area contributed by atoms with Gasteiger partial charge in [0.2, 0.25) is 0 Å². The van der Waals surface area contributed by atoms with Crippen molar-refractivity contribution in [3.05, 3.63) is 17.3 Å². The molecular weight excluding hydrogens is 162 g/mol. The minimum Gasteiger partial charge on any atom is -0.365 e. The predicted molar refractivity (Wildman–Crippen MR) is 55.2 cm³/mol. The molecule has 13 heavy (non-hydrogen) atoms. The van der Waals surface area contributed by atoms with Crippen LogP contribution >= 0.6 is 0 Å². The summed E-state index contributed by atoms with van der Waals surface area (Å²) in [6.07, 6.45) is 1.97. The van der Waals surface area contributed by atoms with Crippen LogP contribution in [-0.4, -0.2) is 11.7 Å². The van der Waals surface area contributed by atoms with Gasteiger partial charge in [-0.15, -0.1) is 0 Å². The van der Waals surface area contributed by atoms with Crippen LogP contribution in [0.5, 0.6) is 0 Å². The lowest BCUT2D eigenvalue weighted by Gasteiger charge is -2.11. The lowest BCUT2D eigenvalue weighted by Crippen LogP contribution is -2.00. The van der Waals surface area contributed by atoms with Crippen molar-refractivity contribution < 1.29 is 0 Å². The van der Waals surface area contributed by atoms with E-state index >= 15 is 0 Å². The maximum atomic E-state index is 4.37. The van der Waals surface area contributed by atoms with Crippen LogP contribution in [0.2, 0.25) is 0 Å². The Balaban J connectivity index is 2.52. The number of hydrogen-bond acceptors (Lipinski definition) is 3. The molecule has 0 spiro atoms. The van der Waals surface area contributed by atoms with Crippen molar-refractivity contribution in [2.75, 3.05) is 17.3 Å². The van der Waals surface area contributed by atoms with Gasteiger partial charge in [0, 0.05) is 6.20 Å². The molecule has 3 nitrogen and oxygen atoms in total. The van der Waals surface area contributed by atoms with Gasteiger partial charge in [-0.05, 0) is 24.0 Å². The highest BCUT2D eigenvalue weighted by Crippen LogP contribution is 2.32. The molecule has 0 fully saturated rings. The predicted octanol–water partition coefficient (Wildman–Crippen LogP) is 2.31. The van der Waals surface area contributed by atoms with Crippen LogP contribution in [0, 0.1) is 6.92 Å². The first-order chi connectivity index (χ1) is 6.20. The van der Waals surface area contributed by atoms with Gasteiger partial charge in [0.15, 0.2) is 5.82 Å². The summed E-state index contributed by atoms with van der Waals surface area (Å²) in [6.45, 7) is 7.33. The van der Waals surface area contributed by atoms with Crippen molar-refractivity contribution in [1.82, 2.24) is 4.98 Å². The van der Waals surface area contributed by atoms with Crippen LogP contribution in [0.1, 0.15) is 30.9 Å². The van der Waals surface area contributed by atoms with Gasteiger partial charge in [-0.25, -0.2) is 4.98 Å². The number of nitrogens with one attached hydrogen (secondary N) is 2. The third kappa shape index (κ3) is 1.24. The second kappa shape index (κ2) is 2.91. The van der Waals surface area contributed by atoms with Gasteiger partial charge in [0.1, 0.15) is 0 Å². The highest BCUT2D eigenvalue weighted by atomic mass is 15.2. The Bertz CT molecular complexity index is 331. The van der Waals surface area contributed by atoms with E-state index in [0.717, 1.165) is 12.5 Å². The van der Waals surface area contributed by atoms with E-state index < -0.39 is 0 Å². The zero-order chi connectivity index (χ0) is 9.42. The molecule has 2 N–H and O–H groups in total. The summed E-state index contributed by atoms with van der Waals surface area (Å²) in [5.41, 5.74) is 3.83. The van der Waals surface area contributed by atoms with E-state index in [1.54, 1.807) is 0 Å². The van der Waals surface area contributed by atoms with Crippen molar-refractivity contribution in [2.45, 2.75) is 26.7 Å². The second-order valence-electron chi connectivity index (χ2n) is 3.75. The van der Waals surface area contributed by atoms with Crippen molar-refractivity contribution in [3.8, 4) is 0 Å². The Hall–Kier alpha value is -1.25. The Labute approximate surface area is 78.6 Å². The van der Waals surface area contributed by atoms with Crippen LogP contribution in [0.25, 0.3) is 0 Å². The van der Waals surface area contributed by atoms with Crippen molar-refractivity contribution in [1.29, 1.82) is 0 Å². The highest BCUT2D eigenvalue weighted by Gasteiger charge is 2.16. The summed E-state index contributed by atoms with van der Waals surface area (Å²) in [4.78, 5) is 4.37. The molecule has 1 aliphatic heterocycles. The maximum Gasteiger partial charge on any atom is 0.151 e. The smallest absolute Gasteiger partial charge is 0.151 e. The van der Waals surface area contributed by atoms with Gasteiger partial charge in [0.25, 0.3) is 0 Å². The number of nitrogens with zero attached hydrogens (tertiary/aromatic N) is 1. The molecule has 0 saturated heterocycles. The van der Waals surface area contributed by atoms with E-state index in [1.807, 2.05) is 6.20 Å². The molecule has 0 atom stereocenters. The van der Waals surface area contributed by atoms with Crippen molar-refractivity contribution >= 4 is 11.5 Å². The van der Waals surface area contributed by atoms with Crippen molar-refractivity contribution in [3.63, 3.8) is 0 Å². The topological polar surface area (TPSA) is 37.0 Å². The normalized spacial score (nSPS) is 13.8. The first-order valence-electron chi connectivity index (χ1n) is 4.67. The molecule has 1 aromatic rings. The third-order valence-electron chi connectivity index (χ3n) is 2.52. The summed E-state index contributed by atoms with van der Waals surface area (Å²) in [7, 11) is 0. The van der Waals surface area contributed by atoms with E-state index in [-0.39, 0.29) is 0 Å². The molecule has 0 unspecified atom stereocenters. The Morgan fingerprint density at radius 2 is 2.15 bits per heavy atom. The average Bonchev–Trinajstić information content (AvgIpc) is 2.52. The molecule has 0 radical (unpaired) electrons. The zero-order valence-electron chi connectivity index (χ0n) is 8.31. The molecule has 1 aliphatic rings. The number of rotatable bonds is 1. The molecule has 1 aromatic heterocycles. The van der Waals surface area contributed by atoms with E-state index in [1.165, 1.54) is 16.8 Å². The molecule has 0 amide bonds. The van der Waals surface area contributed by atoms with Crippen LogP contribution < -0.4 is 10.6 Å². The van der Waals surface area contributed by atoms with Crippen molar-refractivity contribution in [2.24, 2.45) is 0 Å². The minimum atomic E-state index is 0.542. The summed E-state index contributed by atoms with van der Waals surface area (Å²) in [6, 6.07) is 0. The monoisotopic (exact) mass is 177 g/mol. The standard InChI is InChI=1S/C10H15N3/c1-6(2)8-4-11-10-9(7(8)3)12-5-13-10/h4,6,12H,5H2,1-3H3,(H,11,13). The molecule has 0 saturated carbocycles. The lowest BCUT2D eigenvalue weighted by atomic mass is 9.99. The van der Waals surface area contributed by atoms with E-state index in [0.29, 0.717) is 5.92 Å². The van der Waals surface area contributed by atoms with Gasteiger partial charge in [-0.3, -0.25) is 0 Å². The van der Waals surface area contributed by atoms with Gasteiger partial charge in [-0.2, -0.15) is 0 Å². The third-order valence-corrected chi connectivity index (χ3v) is 2.52. The maximum absolute atomic E-state index is 4.37. The van der Waals surface area contributed by atoms with E-state index in [2.05, 4.69) is 36.4 Å². The van der Waals surface area contributed by atoms with Gasteiger partial charge < -0.3 is 10.6 Å². The second-order valence-corrected chi connectivity index (χ2v) is 3.75. The lowest BCUT2D eigenvalue weighted by molar-refractivity contribution is 0.850. The number of pyridine rings is 1. The average molecular weight is 177 g/mol. The first-order valence-corrected chi connectivity index (χ1v) is 4.67. The Kier molecular flexibility index (Phi) is 1.87. The molecule has 0 aromatic carbocycles. The molecule has 70 valence electrons. The zero-order valence-corrected chi connectivity index (χ0v) is 8.31. The number of fused-ring (bicyclic) bond motifs is 1. The molecule has 0 aliphatic carbocycles. The largest absolute Gasteiger partial charge is 0.365 e. The summed E-state index contributed by atoms with van der Waals surface area (Å²) in [5.74, 6) is 1.53. The van der Waals surface area contributed by atoms with Crippen LogP contribution in [0.3, 0.4) is 0 Å². The summed E-state index contributed by atoms with van der Waals surface area (Å²) < 4.78 is 0. The molecular formula is C10H15N3. The fourth-order valence-corrected chi connectivity index (χ4v) is 1.77. The SMILES string of the molecule is Cc1c(C(C)C)cnc2c1NCN2. The molecule has 3 heteroatoms.